The normalized spacial score (nSPS) is 15.9. The highest BCUT2D eigenvalue weighted by atomic mass is 32.1. The minimum atomic E-state index is -0.228. The van der Waals surface area contributed by atoms with Gasteiger partial charge in [0, 0.05) is 58.5 Å². The number of furan rings is 1. The average Bonchev–Trinajstić information content (AvgIpc) is 3.95. The van der Waals surface area contributed by atoms with Crippen LogP contribution >= 0.6 is 11.3 Å². The zero-order valence-corrected chi connectivity index (χ0v) is 31.5. The lowest BCUT2D eigenvalue weighted by molar-refractivity contribution is 0.408. The first kappa shape index (κ1) is 32.3. The quantitative estimate of drug-likeness (QED) is 0.184. The van der Waals surface area contributed by atoms with Crippen LogP contribution in [0.25, 0.3) is 80.7 Å². The highest BCUT2D eigenvalue weighted by Gasteiger charge is 2.28. The van der Waals surface area contributed by atoms with Crippen LogP contribution < -0.4 is 10.6 Å². The number of benzene rings is 8. The summed E-state index contributed by atoms with van der Waals surface area (Å²) in [6, 6.07) is 65.0. The van der Waals surface area contributed by atoms with E-state index in [-0.39, 0.29) is 12.3 Å². The molecule has 6 heteroatoms. The molecule has 0 aliphatic carbocycles. The fourth-order valence-corrected chi connectivity index (χ4v) is 9.85. The van der Waals surface area contributed by atoms with Crippen LogP contribution in [-0.2, 0) is 0 Å². The van der Waals surface area contributed by atoms with Gasteiger partial charge in [-0.25, -0.2) is 4.99 Å². The van der Waals surface area contributed by atoms with E-state index in [0.29, 0.717) is 0 Å². The molecular formula is C51H34N4OS. The summed E-state index contributed by atoms with van der Waals surface area (Å²) in [5, 5.41) is 14.7. The summed E-state index contributed by atoms with van der Waals surface area (Å²) in [5.74, 6) is 0.849. The maximum Gasteiger partial charge on any atom is 0.142 e. The SMILES string of the molecule is c1ccc(C2=NC(c3ccccc3)NC(c3cccc4c3oc3ccc(-c5ccc6sc7ccc(-n8c9ccccc9c9ccccc98)cc7c6c5)cc34)N2)cc1. The zero-order chi connectivity index (χ0) is 37.5. The number of hydrogen-bond acceptors (Lipinski definition) is 5. The molecule has 0 fully saturated rings. The van der Waals surface area contributed by atoms with Crippen LogP contribution in [0, 0.1) is 0 Å². The second-order valence-corrected chi connectivity index (χ2v) is 15.9. The molecule has 0 spiro atoms. The van der Waals surface area contributed by atoms with Gasteiger partial charge in [0.1, 0.15) is 29.3 Å². The summed E-state index contributed by atoms with van der Waals surface area (Å²) < 4.78 is 11.7. The van der Waals surface area contributed by atoms with E-state index in [9.17, 15) is 0 Å². The predicted octanol–water partition coefficient (Wildman–Crippen LogP) is 13.1. The minimum Gasteiger partial charge on any atom is -0.456 e. The molecule has 3 aromatic heterocycles. The second kappa shape index (κ2) is 12.8. The molecule has 2 atom stereocenters. The first-order valence-corrected chi connectivity index (χ1v) is 20.2. The first-order valence-electron chi connectivity index (χ1n) is 19.3. The summed E-state index contributed by atoms with van der Waals surface area (Å²) in [5.41, 5.74) is 10.9. The number of nitrogens with zero attached hydrogens (tertiary/aromatic N) is 2. The molecule has 12 rings (SSSR count). The highest BCUT2D eigenvalue weighted by molar-refractivity contribution is 7.25. The average molecular weight is 751 g/mol. The van der Waals surface area contributed by atoms with Gasteiger partial charge in [0.15, 0.2) is 0 Å². The van der Waals surface area contributed by atoms with Crippen LogP contribution in [0.3, 0.4) is 0 Å². The Morgan fingerprint density at radius 1 is 0.509 bits per heavy atom. The molecule has 4 heterocycles. The number of fused-ring (bicyclic) bond motifs is 9. The van der Waals surface area contributed by atoms with Crippen molar-refractivity contribution in [2.45, 2.75) is 12.3 Å². The van der Waals surface area contributed by atoms with Crippen molar-refractivity contribution < 1.29 is 4.42 Å². The number of aliphatic imine (C=N–C) groups is 1. The van der Waals surface area contributed by atoms with E-state index in [4.69, 9.17) is 9.41 Å². The van der Waals surface area contributed by atoms with Gasteiger partial charge in [-0.1, -0.05) is 127 Å². The Labute approximate surface area is 332 Å². The van der Waals surface area contributed by atoms with Gasteiger partial charge in [-0.05, 0) is 71.3 Å². The van der Waals surface area contributed by atoms with Gasteiger partial charge < -0.3 is 14.3 Å². The van der Waals surface area contributed by atoms with Crippen LogP contribution in [-0.4, -0.2) is 10.4 Å². The van der Waals surface area contributed by atoms with Gasteiger partial charge in [-0.2, -0.15) is 0 Å². The van der Waals surface area contributed by atoms with Crippen LogP contribution in [0.1, 0.15) is 29.0 Å². The first-order chi connectivity index (χ1) is 28.2. The number of nitrogens with one attached hydrogen (secondary N) is 2. The van der Waals surface area contributed by atoms with Crippen LogP contribution in [0.4, 0.5) is 0 Å². The lowest BCUT2D eigenvalue weighted by Crippen LogP contribution is -2.45. The number of aromatic nitrogens is 1. The maximum absolute atomic E-state index is 6.71. The fourth-order valence-electron chi connectivity index (χ4n) is 8.78. The van der Waals surface area contributed by atoms with Gasteiger partial charge in [0.25, 0.3) is 0 Å². The Kier molecular flexibility index (Phi) is 7.24. The lowest BCUT2D eigenvalue weighted by Gasteiger charge is -2.32. The summed E-state index contributed by atoms with van der Waals surface area (Å²) in [6.07, 6.45) is -0.451. The number of amidine groups is 1. The molecule has 1 aliphatic rings. The van der Waals surface area contributed by atoms with E-state index in [1.807, 2.05) is 23.5 Å². The predicted molar refractivity (Wildman–Crippen MR) is 238 cm³/mol. The van der Waals surface area contributed by atoms with Gasteiger partial charge >= 0.3 is 0 Å². The molecular weight excluding hydrogens is 717 g/mol. The molecule has 8 aromatic carbocycles. The number of hydrogen-bond donors (Lipinski definition) is 2. The van der Waals surface area contributed by atoms with Crippen LogP contribution in [0.5, 0.6) is 0 Å². The molecule has 57 heavy (non-hydrogen) atoms. The topological polar surface area (TPSA) is 54.5 Å². The Morgan fingerprint density at radius 3 is 1.91 bits per heavy atom. The smallest absolute Gasteiger partial charge is 0.142 e. The zero-order valence-electron chi connectivity index (χ0n) is 30.7. The minimum absolute atomic E-state index is 0.222. The van der Waals surface area contributed by atoms with Crippen molar-refractivity contribution in [3.05, 3.63) is 199 Å². The van der Waals surface area contributed by atoms with Crippen LogP contribution in [0.2, 0.25) is 0 Å². The third-order valence-corrected chi connectivity index (χ3v) is 12.6. The highest BCUT2D eigenvalue weighted by Crippen LogP contribution is 2.41. The molecule has 1 aliphatic heterocycles. The van der Waals surface area contributed by atoms with Crippen molar-refractivity contribution in [1.29, 1.82) is 0 Å². The third kappa shape index (κ3) is 5.22. The molecule has 2 N–H and O–H groups in total. The van der Waals surface area contributed by atoms with Crippen molar-refractivity contribution in [3.8, 4) is 16.8 Å². The van der Waals surface area contributed by atoms with Crippen molar-refractivity contribution in [1.82, 2.24) is 15.2 Å². The Bertz CT molecular complexity index is 3320. The monoisotopic (exact) mass is 750 g/mol. The molecule has 11 aromatic rings. The van der Waals surface area contributed by atoms with Crippen molar-refractivity contribution >= 4 is 81.1 Å². The second-order valence-electron chi connectivity index (χ2n) is 14.8. The lowest BCUT2D eigenvalue weighted by atomic mass is 9.99. The van der Waals surface area contributed by atoms with E-state index in [2.05, 4.69) is 185 Å². The molecule has 0 radical (unpaired) electrons. The molecule has 0 saturated heterocycles. The molecule has 2 unspecified atom stereocenters. The van der Waals surface area contributed by atoms with Gasteiger partial charge in [0.05, 0.1) is 11.0 Å². The van der Waals surface area contributed by atoms with E-state index < -0.39 is 0 Å². The summed E-state index contributed by atoms with van der Waals surface area (Å²) in [7, 11) is 0. The molecule has 270 valence electrons. The third-order valence-electron chi connectivity index (χ3n) is 11.5. The Hall–Kier alpha value is -6.99. The number of rotatable bonds is 5. The molecule has 0 saturated carbocycles. The maximum atomic E-state index is 6.71. The summed E-state index contributed by atoms with van der Waals surface area (Å²) >= 11 is 1.85. The number of thiophene rings is 1. The van der Waals surface area contributed by atoms with Crippen molar-refractivity contribution in [3.63, 3.8) is 0 Å². The molecule has 0 amide bonds. The van der Waals surface area contributed by atoms with Gasteiger partial charge in [0.2, 0.25) is 0 Å². The van der Waals surface area contributed by atoms with Crippen molar-refractivity contribution in [2.75, 3.05) is 0 Å². The van der Waals surface area contributed by atoms with Gasteiger partial charge in [-0.15, -0.1) is 11.3 Å². The Balaban J connectivity index is 0.946. The number of para-hydroxylation sites is 3. The standard InChI is InChI=1S/C51H34N4OS/c1-3-12-31(13-4-1)49-52-50(32-14-5-2-6-15-32)54-51(53-49)39-19-11-18-38-40-28-33(22-25-45(40)56-48(38)39)34-23-26-46-41(29-34)42-30-35(24-27-47(42)57-46)55-43-20-9-7-16-36(43)37-17-8-10-21-44(37)55/h1-30,49,51,53H,(H,52,54). The fraction of sp³-hybridized carbons (Fsp3) is 0.0392. The molecule has 0 bridgehead atoms. The van der Waals surface area contributed by atoms with Gasteiger partial charge in [-0.3, -0.25) is 5.32 Å². The summed E-state index contributed by atoms with van der Waals surface area (Å²) in [4.78, 5) is 5.11. The summed E-state index contributed by atoms with van der Waals surface area (Å²) in [6.45, 7) is 0. The molecule has 5 nitrogen and oxygen atoms in total. The van der Waals surface area contributed by atoms with Crippen LogP contribution in [0.15, 0.2) is 191 Å². The van der Waals surface area contributed by atoms with E-state index in [1.165, 1.54) is 53.2 Å². The van der Waals surface area contributed by atoms with E-state index >= 15 is 0 Å². The van der Waals surface area contributed by atoms with E-state index in [1.54, 1.807) is 0 Å². The van der Waals surface area contributed by atoms with Crippen molar-refractivity contribution in [2.24, 2.45) is 4.99 Å². The van der Waals surface area contributed by atoms with E-state index in [0.717, 1.165) is 50.0 Å². The Morgan fingerprint density at radius 2 is 1.14 bits per heavy atom. The largest absolute Gasteiger partial charge is 0.456 e.